The van der Waals surface area contributed by atoms with Crippen LogP contribution in [-0.2, 0) is 19.7 Å². The van der Waals surface area contributed by atoms with Gasteiger partial charge in [0.2, 0.25) is 0 Å². The molecule has 0 bridgehead atoms. The molecule has 2 rings (SSSR count). The van der Waals surface area contributed by atoms with Crippen LogP contribution in [0.2, 0.25) is 0 Å². The maximum atomic E-state index is 12.6. The number of methoxy groups -OCH3 is 1. The lowest BCUT2D eigenvalue weighted by atomic mass is 9.99. The van der Waals surface area contributed by atoms with Crippen molar-refractivity contribution < 1.29 is 17.9 Å². The number of nitrogens with zero attached hydrogens (tertiary/aromatic N) is 2. The molecule has 0 spiro atoms. The predicted octanol–water partition coefficient (Wildman–Crippen LogP) is -0.215. The molecule has 0 aromatic carbocycles. The van der Waals surface area contributed by atoms with Crippen molar-refractivity contribution in [1.82, 2.24) is 8.61 Å². The molecule has 21 heavy (non-hydrogen) atoms. The second kappa shape index (κ2) is 6.60. The fourth-order valence-electron chi connectivity index (χ4n) is 2.96. The van der Waals surface area contributed by atoms with E-state index in [0.717, 1.165) is 12.8 Å². The van der Waals surface area contributed by atoms with Crippen molar-refractivity contribution in [2.75, 3.05) is 33.8 Å². The number of nitrogens with two attached hydrogens (primary N) is 1. The Hall–Kier alpha value is -0.700. The van der Waals surface area contributed by atoms with E-state index in [1.807, 2.05) is 0 Å². The van der Waals surface area contributed by atoms with Gasteiger partial charge in [-0.15, -0.1) is 0 Å². The number of hydrogen-bond acceptors (Lipinski definition) is 5. The van der Waals surface area contributed by atoms with Crippen LogP contribution in [0.15, 0.2) is 0 Å². The van der Waals surface area contributed by atoms with E-state index < -0.39 is 10.2 Å². The summed E-state index contributed by atoms with van der Waals surface area (Å²) >= 11 is 0. The Bertz CT molecular complexity index is 470. The molecule has 2 fully saturated rings. The van der Waals surface area contributed by atoms with Crippen molar-refractivity contribution in [2.45, 2.75) is 31.7 Å². The Kier molecular flexibility index (Phi) is 5.24. The lowest BCUT2D eigenvalue weighted by molar-refractivity contribution is -0.146. The standard InChI is InChI=1S/C13H25N3O4S/c1-15(12(9-14)10-3-4-10)21(18,19)16-7-5-11(6-8-16)13(17)20-2/h10-12H,3-9,14H2,1-2H3. The number of carbonyl (C=O) groups is 1. The van der Waals surface area contributed by atoms with Gasteiger partial charge < -0.3 is 10.5 Å². The molecule has 1 saturated carbocycles. The molecule has 1 heterocycles. The molecule has 1 aliphatic carbocycles. The van der Waals surface area contributed by atoms with Gasteiger partial charge >= 0.3 is 5.97 Å². The molecule has 2 aliphatic rings. The molecule has 122 valence electrons. The van der Waals surface area contributed by atoms with E-state index in [4.69, 9.17) is 10.5 Å². The van der Waals surface area contributed by atoms with Crippen molar-refractivity contribution in [1.29, 1.82) is 0 Å². The summed E-state index contributed by atoms with van der Waals surface area (Å²) in [6.45, 7) is 1.06. The third-order valence-electron chi connectivity index (χ3n) is 4.55. The third-order valence-corrected chi connectivity index (χ3v) is 6.57. The van der Waals surface area contributed by atoms with Gasteiger partial charge in [-0.25, -0.2) is 0 Å². The molecule has 1 aliphatic heterocycles. The number of rotatable bonds is 6. The predicted molar refractivity (Wildman–Crippen MR) is 78.6 cm³/mol. The maximum absolute atomic E-state index is 12.6. The highest BCUT2D eigenvalue weighted by Gasteiger charge is 2.41. The zero-order chi connectivity index (χ0) is 15.6. The molecule has 0 radical (unpaired) electrons. The quantitative estimate of drug-likeness (QED) is 0.684. The fourth-order valence-corrected chi connectivity index (χ4v) is 4.60. The summed E-state index contributed by atoms with van der Waals surface area (Å²) in [5.74, 6) is -0.0545. The van der Waals surface area contributed by atoms with Gasteiger partial charge in [0.15, 0.2) is 0 Å². The Labute approximate surface area is 126 Å². The summed E-state index contributed by atoms with van der Waals surface area (Å²) in [6.07, 6.45) is 3.12. The highest BCUT2D eigenvalue weighted by atomic mass is 32.2. The van der Waals surface area contributed by atoms with Gasteiger partial charge in [0.05, 0.1) is 13.0 Å². The number of hydrogen-bond donors (Lipinski definition) is 1. The Morgan fingerprint density at radius 3 is 2.33 bits per heavy atom. The maximum Gasteiger partial charge on any atom is 0.308 e. The van der Waals surface area contributed by atoms with Gasteiger partial charge in [-0.3, -0.25) is 4.79 Å². The molecule has 0 aromatic rings. The van der Waals surface area contributed by atoms with E-state index in [1.165, 1.54) is 15.7 Å². The molecule has 1 unspecified atom stereocenters. The van der Waals surface area contributed by atoms with Gasteiger partial charge in [-0.2, -0.15) is 17.0 Å². The van der Waals surface area contributed by atoms with Crippen molar-refractivity contribution in [2.24, 2.45) is 17.6 Å². The molecule has 2 N–H and O–H groups in total. The lowest BCUT2D eigenvalue weighted by Crippen LogP contribution is -2.52. The molecule has 1 saturated heterocycles. The minimum atomic E-state index is -3.50. The minimum absolute atomic E-state index is 0.117. The van der Waals surface area contributed by atoms with Crippen LogP contribution < -0.4 is 5.73 Å². The van der Waals surface area contributed by atoms with Crippen LogP contribution in [0.5, 0.6) is 0 Å². The van der Waals surface area contributed by atoms with Crippen molar-refractivity contribution in [3.63, 3.8) is 0 Å². The first-order valence-electron chi connectivity index (χ1n) is 7.42. The van der Waals surface area contributed by atoms with E-state index in [9.17, 15) is 13.2 Å². The van der Waals surface area contributed by atoms with Gasteiger partial charge in [-0.05, 0) is 31.6 Å². The topological polar surface area (TPSA) is 92.9 Å². The Balaban J connectivity index is 1.99. The SMILES string of the molecule is COC(=O)C1CCN(S(=O)(=O)N(C)C(CN)C2CC2)CC1. The second-order valence-corrected chi connectivity index (χ2v) is 7.85. The van der Waals surface area contributed by atoms with Crippen LogP contribution >= 0.6 is 0 Å². The van der Waals surface area contributed by atoms with Gasteiger partial charge in [0, 0.05) is 32.7 Å². The van der Waals surface area contributed by atoms with Crippen LogP contribution in [0, 0.1) is 11.8 Å². The smallest absolute Gasteiger partial charge is 0.308 e. The summed E-state index contributed by atoms with van der Waals surface area (Å²) < 4.78 is 32.9. The first-order valence-corrected chi connectivity index (χ1v) is 8.82. The molecule has 7 nitrogen and oxygen atoms in total. The number of piperidine rings is 1. The number of likely N-dealkylation sites (N-methyl/N-ethyl adjacent to an activating group) is 1. The van der Waals surface area contributed by atoms with E-state index in [-0.39, 0.29) is 17.9 Å². The number of ether oxygens (including phenoxy) is 1. The zero-order valence-electron chi connectivity index (χ0n) is 12.7. The van der Waals surface area contributed by atoms with E-state index in [2.05, 4.69) is 0 Å². The summed E-state index contributed by atoms with van der Waals surface area (Å²) in [6, 6.07) is -0.117. The highest BCUT2D eigenvalue weighted by molar-refractivity contribution is 7.86. The Morgan fingerprint density at radius 2 is 1.90 bits per heavy atom. The lowest BCUT2D eigenvalue weighted by Gasteiger charge is -2.35. The number of carbonyl (C=O) groups excluding carboxylic acids is 1. The third kappa shape index (κ3) is 3.56. The minimum Gasteiger partial charge on any atom is -0.469 e. The second-order valence-electron chi connectivity index (χ2n) is 5.86. The van der Waals surface area contributed by atoms with Crippen molar-refractivity contribution in [3.8, 4) is 0 Å². The highest BCUT2D eigenvalue weighted by Crippen LogP contribution is 2.36. The van der Waals surface area contributed by atoms with Gasteiger partial charge in [0.25, 0.3) is 10.2 Å². The van der Waals surface area contributed by atoms with Crippen LogP contribution in [-0.4, -0.2) is 62.8 Å². The van der Waals surface area contributed by atoms with Crippen LogP contribution in [0.4, 0.5) is 0 Å². The van der Waals surface area contributed by atoms with Gasteiger partial charge in [-0.1, -0.05) is 0 Å². The van der Waals surface area contributed by atoms with E-state index >= 15 is 0 Å². The Morgan fingerprint density at radius 1 is 1.33 bits per heavy atom. The largest absolute Gasteiger partial charge is 0.469 e. The molecular formula is C13H25N3O4S. The van der Waals surface area contributed by atoms with Crippen LogP contribution in [0.25, 0.3) is 0 Å². The molecule has 1 atom stereocenters. The molecule has 0 amide bonds. The monoisotopic (exact) mass is 319 g/mol. The fraction of sp³-hybridized carbons (Fsp3) is 0.923. The first-order chi connectivity index (χ1) is 9.91. The molecule has 0 aromatic heterocycles. The summed E-state index contributed by atoms with van der Waals surface area (Å²) in [7, 11) is -0.529. The summed E-state index contributed by atoms with van der Waals surface area (Å²) in [4.78, 5) is 11.5. The molecular weight excluding hydrogens is 294 g/mol. The molecule has 8 heteroatoms. The summed E-state index contributed by atoms with van der Waals surface area (Å²) in [5.41, 5.74) is 5.73. The average Bonchev–Trinajstić information content (AvgIpc) is 3.32. The van der Waals surface area contributed by atoms with Crippen LogP contribution in [0.3, 0.4) is 0 Å². The first kappa shape index (κ1) is 16.7. The van der Waals surface area contributed by atoms with Gasteiger partial charge in [0.1, 0.15) is 0 Å². The normalized spacial score (nSPS) is 23.2. The van der Waals surface area contributed by atoms with E-state index in [1.54, 1.807) is 7.05 Å². The van der Waals surface area contributed by atoms with Crippen molar-refractivity contribution >= 4 is 16.2 Å². The summed E-state index contributed by atoms with van der Waals surface area (Å²) in [5, 5.41) is 0. The average molecular weight is 319 g/mol. The van der Waals surface area contributed by atoms with Crippen molar-refractivity contribution in [3.05, 3.63) is 0 Å². The van der Waals surface area contributed by atoms with Crippen LogP contribution in [0.1, 0.15) is 25.7 Å². The van der Waals surface area contributed by atoms with E-state index in [0.29, 0.717) is 38.4 Å². The zero-order valence-corrected chi connectivity index (χ0v) is 13.5. The number of esters is 1.